The van der Waals surface area contributed by atoms with Crippen LogP contribution in [0.4, 0.5) is 0 Å². The highest BCUT2D eigenvalue weighted by Crippen LogP contribution is 2.34. The van der Waals surface area contributed by atoms with Gasteiger partial charge >= 0.3 is 0 Å². The maximum atomic E-state index is 5.43. The number of nitrogens with zero attached hydrogens (tertiary/aromatic N) is 1. The molecule has 1 N–H and O–H groups in total. The standard InChI is InChI=1S/C13H16N2O2/c1-16-11-4-2-3-10-12(15-17-13(10)11)9-5-7-14-8-6-9/h2-4,9,14H,5-8H2,1H3. The van der Waals surface area contributed by atoms with E-state index < -0.39 is 0 Å². The first-order valence-electron chi connectivity index (χ1n) is 6.03. The zero-order valence-electron chi connectivity index (χ0n) is 9.90. The number of hydrogen-bond acceptors (Lipinski definition) is 4. The fraction of sp³-hybridized carbons (Fsp3) is 0.462. The Kier molecular flexibility index (Phi) is 2.73. The molecule has 4 heteroatoms. The minimum absolute atomic E-state index is 0.504. The van der Waals surface area contributed by atoms with Crippen molar-refractivity contribution >= 4 is 11.0 Å². The van der Waals surface area contributed by atoms with Crippen LogP contribution in [0.1, 0.15) is 24.5 Å². The normalized spacial score (nSPS) is 17.5. The number of piperidine rings is 1. The van der Waals surface area contributed by atoms with Gasteiger partial charge in [-0.2, -0.15) is 0 Å². The van der Waals surface area contributed by atoms with E-state index in [1.54, 1.807) is 7.11 Å². The third kappa shape index (κ3) is 1.78. The average molecular weight is 232 g/mol. The second-order valence-corrected chi connectivity index (χ2v) is 4.43. The van der Waals surface area contributed by atoms with Gasteiger partial charge in [-0.15, -0.1) is 0 Å². The van der Waals surface area contributed by atoms with Crippen LogP contribution in [0.25, 0.3) is 11.0 Å². The van der Waals surface area contributed by atoms with Crippen molar-refractivity contribution in [1.82, 2.24) is 10.5 Å². The molecule has 0 bridgehead atoms. The molecule has 17 heavy (non-hydrogen) atoms. The molecule has 0 atom stereocenters. The number of methoxy groups -OCH3 is 1. The van der Waals surface area contributed by atoms with E-state index in [2.05, 4.69) is 16.5 Å². The topological polar surface area (TPSA) is 47.3 Å². The lowest BCUT2D eigenvalue weighted by Gasteiger charge is -2.20. The van der Waals surface area contributed by atoms with E-state index >= 15 is 0 Å². The van der Waals surface area contributed by atoms with Crippen molar-refractivity contribution in [3.05, 3.63) is 23.9 Å². The number of ether oxygens (including phenoxy) is 1. The first-order chi connectivity index (χ1) is 8.40. The average Bonchev–Trinajstić information content (AvgIpc) is 2.83. The number of aromatic nitrogens is 1. The summed E-state index contributed by atoms with van der Waals surface area (Å²) < 4.78 is 10.7. The van der Waals surface area contributed by atoms with Crippen LogP contribution in [-0.4, -0.2) is 25.4 Å². The van der Waals surface area contributed by atoms with Crippen LogP contribution in [0.2, 0.25) is 0 Å². The Morgan fingerprint density at radius 2 is 2.18 bits per heavy atom. The van der Waals surface area contributed by atoms with Gasteiger partial charge in [0, 0.05) is 11.3 Å². The molecule has 1 saturated heterocycles. The summed E-state index contributed by atoms with van der Waals surface area (Å²) in [4.78, 5) is 0. The summed E-state index contributed by atoms with van der Waals surface area (Å²) in [6, 6.07) is 5.95. The number of benzene rings is 1. The molecule has 3 rings (SSSR count). The van der Waals surface area contributed by atoms with E-state index in [1.807, 2.05) is 12.1 Å². The van der Waals surface area contributed by atoms with Crippen molar-refractivity contribution < 1.29 is 9.26 Å². The minimum Gasteiger partial charge on any atom is -0.493 e. The maximum absolute atomic E-state index is 5.43. The van der Waals surface area contributed by atoms with Crippen LogP contribution in [-0.2, 0) is 0 Å². The fourth-order valence-electron chi connectivity index (χ4n) is 2.51. The highest BCUT2D eigenvalue weighted by Gasteiger charge is 2.22. The largest absolute Gasteiger partial charge is 0.493 e. The summed E-state index contributed by atoms with van der Waals surface area (Å²) in [7, 11) is 1.65. The van der Waals surface area contributed by atoms with E-state index in [-0.39, 0.29) is 0 Å². The summed E-state index contributed by atoms with van der Waals surface area (Å²) in [6.45, 7) is 2.12. The number of nitrogens with one attached hydrogen (secondary N) is 1. The molecule has 1 aliphatic rings. The molecule has 2 heterocycles. The number of fused-ring (bicyclic) bond motifs is 1. The van der Waals surface area contributed by atoms with E-state index in [1.165, 1.54) is 0 Å². The summed E-state index contributed by atoms with van der Waals surface area (Å²) in [5.41, 5.74) is 1.85. The summed E-state index contributed by atoms with van der Waals surface area (Å²) in [5, 5.41) is 8.70. The highest BCUT2D eigenvalue weighted by molar-refractivity contribution is 5.85. The quantitative estimate of drug-likeness (QED) is 0.863. The Bertz CT molecular complexity index is 515. The fourth-order valence-corrected chi connectivity index (χ4v) is 2.51. The Balaban J connectivity index is 2.05. The molecule has 0 radical (unpaired) electrons. The number of hydrogen-bond donors (Lipinski definition) is 1. The van der Waals surface area contributed by atoms with Gasteiger partial charge < -0.3 is 14.6 Å². The van der Waals surface area contributed by atoms with Crippen LogP contribution in [0, 0.1) is 0 Å². The smallest absolute Gasteiger partial charge is 0.208 e. The first kappa shape index (κ1) is 10.6. The van der Waals surface area contributed by atoms with Gasteiger partial charge in [0.25, 0.3) is 0 Å². The molecule has 0 saturated carbocycles. The van der Waals surface area contributed by atoms with Crippen molar-refractivity contribution in [2.24, 2.45) is 0 Å². The Hall–Kier alpha value is -1.55. The lowest BCUT2D eigenvalue weighted by molar-refractivity contribution is 0.380. The Labute approximate surface area is 99.9 Å². The van der Waals surface area contributed by atoms with Gasteiger partial charge in [0.05, 0.1) is 12.8 Å². The first-order valence-corrected chi connectivity index (χ1v) is 6.03. The highest BCUT2D eigenvalue weighted by atomic mass is 16.5. The lowest BCUT2D eigenvalue weighted by atomic mass is 9.92. The van der Waals surface area contributed by atoms with Gasteiger partial charge in [0.1, 0.15) is 0 Å². The number of para-hydroxylation sites is 1. The summed E-state index contributed by atoms with van der Waals surface area (Å²) in [6.07, 6.45) is 2.25. The summed E-state index contributed by atoms with van der Waals surface area (Å²) >= 11 is 0. The van der Waals surface area contributed by atoms with Crippen LogP contribution in [0.15, 0.2) is 22.7 Å². The summed E-state index contributed by atoms with van der Waals surface area (Å²) in [5.74, 6) is 1.26. The molecule has 1 aliphatic heterocycles. The molecule has 4 nitrogen and oxygen atoms in total. The third-order valence-corrected chi connectivity index (χ3v) is 3.44. The minimum atomic E-state index is 0.504. The second kappa shape index (κ2) is 4.37. The van der Waals surface area contributed by atoms with E-state index in [4.69, 9.17) is 9.26 Å². The zero-order valence-corrected chi connectivity index (χ0v) is 9.90. The van der Waals surface area contributed by atoms with Crippen molar-refractivity contribution in [3.8, 4) is 5.75 Å². The molecule has 1 fully saturated rings. The predicted octanol–water partition coefficient (Wildman–Crippen LogP) is 2.30. The van der Waals surface area contributed by atoms with Crippen LogP contribution < -0.4 is 10.1 Å². The lowest BCUT2D eigenvalue weighted by Crippen LogP contribution is -2.26. The van der Waals surface area contributed by atoms with Crippen molar-refractivity contribution in [2.45, 2.75) is 18.8 Å². The monoisotopic (exact) mass is 232 g/mol. The Morgan fingerprint density at radius 1 is 1.35 bits per heavy atom. The molecular weight excluding hydrogens is 216 g/mol. The molecule has 0 amide bonds. The number of rotatable bonds is 2. The Morgan fingerprint density at radius 3 is 2.94 bits per heavy atom. The van der Waals surface area contributed by atoms with Crippen molar-refractivity contribution in [3.63, 3.8) is 0 Å². The van der Waals surface area contributed by atoms with E-state index in [9.17, 15) is 0 Å². The van der Waals surface area contributed by atoms with Gasteiger partial charge in [-0.1, -0.05) is 11.2 Å². The second-order valence-electron chi connectivity index (χ2n) is 4.43. The van der Waals surface area contributed by atoms with Crippen molar-refractivity contribution in [2.75, 3.05) is 20.2 Å². The zero-order chi connectivity index (χ0) is 11.7. The van der Waals surface area contributed by atoms with Crippen LogP contribution in [0.5, 0.6) is 5.75 Å². The molecule has 0 aliphatic carbocycles. The SMILES string of the molecule is COc1cccc2c(C3CCNCC3)noc12. The molecule has 2 aromatic rings. The third-order valence-electron chi connectivity index (χ3n) is 3.44. The predicted molar refractivity (Wildman–Crippen MR) is 65.4 cm³/mol. The molecule has 1 aromatic carbocycles. The molecule has 0 spiro atoms. The molecule has 1 aromatic heterocycles. The van der Waals surface area contributed by atoms with E-state index in [0.717, 1.165) is 48.3 Å². The van der Waals surface area contributed by atoms with Gasteiger partial charge in [0.15, 0.2) is 5.75 Å². The van der Waals surface area contributed by atoms with Crippen LogP contribution >= 0.6 is 0 Å². The molecule has 90 valence electrons. The maximum Gasteiger partial charge on any atom is 0.208 e. The van der Waals surface area contributed by atoms with Gasteiger partial charge in [0.2, 0.25) is 5.58 Å². The molecule has 0 unspecified atom stereocenters. The van der Waals surface area contributed by atoms with Gasteiger partial charge in [-0.05, 0) is 38.1 Å². The van der Waals surface area contributed by atoms with Crippen LogP contribution in [0.3, 0.4) is 0 Å². The van der Waals surface area contributed by atoms with Gasteiger partial charge in [-0.25, -0.2) is 0 Å². The van der Waals surface area contributed by atoms with Crippen molar-refractivity contribution in [1.29, 1.82) is 0 Å². The molecular formula is C13H16N2O2. The van der Waals surface area contributed by atoms with E-state index in [0.29, 0.717) is 5.92 Å². The van der Waals surface area contributed by atoms with Gasteiger partial charge in [-0.3, -0.25) is 0 Å².